The van der Waals surface area contributed by atoms with Gasteiger partial charge in [-0.3, -0.25) is 4.79 Å². The van der Waals surface area contributed by atoms with Gasteiger partial charge in [0.05, 0.1) is 16.6 Å². The lowest BCUT2D eigenvalue weighted by Gasteiger charge is -2.13. The van der Waals surface area contributed by atoms with Gasteiger partial charge < -0.3 is 11.1 Å². The van der Waals surface area contributed by atoms with Crippen molar-refractivity contribution in [3.63, 3.8) is 0 Å². The minimum atomic E-state index is -0.0673. The van der Waals surface area contributed by atoms with Crippen molar-refractivity contribution in [3.05, 3.63) is 70.2 Å². The van der Waals surface area contributed by atoms with Crippen molar-refractivity contribution in [1.29, 1.82) is 0 Å². The molecule has 1 atom stereocenters. The van der Waals surface area contributed by atoms with Gasteiger partial charge in [0.15, 0.2) is 0 Å². The first-order chi connectivity index (χ1) is 12.9. The molecular weight excluding hydrogens is 390 g/mol. The maximum absolute atomic E-state index is 12.4. The van der Waals surface area contributed by atoms with Crippen LogP contribution in [0.2, 0.25) is 0 Å². The number of nitrogens with one attached hydrogen (secondary N) is 1. The highest BCUT2D eigenvalue weighted by molar-refractivity contribution is 7.15. The molecular formula is C22H26ClN3OS. The molecule has 4 nitrogen and oxygen atoms in total. The number of anilines is 1. The summed E-state index contributed by atoms with van der Waals surface area (Å²) in [4.78, 5) is 18.2. The van der Waals surface area contributed by atoms with Crippen LogP contribution in [0.1, 0.15) is 41.1 Å². The number of amides is 1. The molecule has 3 N–H and O–H groups in total. The Morgan fingerprint density at radius 3 is 2.50 bits per heavy atom. The molecule has 0 aliphatic heterocycles. The fraction of sp³-hybridized carbons (Fsp3) is 0.273. The zero-order valence-corrected chi connectivity index (χ0v) is 18.0. The molecule has 1 heterocycles. The predicted molar refractivity (Wildman–Crippen MR) is 120 cm³/mol. The number of nitrogens with two attached hydrogens (primary N) is 1. The Labute approximate surface area is 176 Å². The molecule has 0 aliphatic carbocycles. The van der Waals surface area contributed by atoms with Crippen LogP contribution in [0.15, 0.2) is 48.5 Å². The number of thiazole rings is 1. The monoisotopic (exact) mass is 415 g/mol. The zero-order chi connectivity index (χ0) is 19.4. The van der Waals surface area contributed by atoms with Crippen molar-refractivity contribution in [2.24, 2.45) is 0 Å². The third-order valence-corrected chi connectivity index (χ3v) is 5.97. The average Bonchev–Trinajstić information content (AvgIpc) is 3.03. The largest absolute Gasteiger partial charge is 0.399 e. The molecule has 28 heavy (non-hydrogen) atoms. The number of aryl methyl sites for hydroxylation is 3. The summed E-state index contributed by atoms with van der Waals surface area (Å²) in [5, 5.41) is 4.08. The minimum Gasteiger partial charge on any atom is -0.399 e. The van der Waals surface area contributed by atoms with Crippen molar-refractivity contribution in [3.8, 4) is 10.6 Å². The number of hydrogen-bond acceptors (Lipinski definition) is 4. The number of hydrogen-bond donors (Lipinski definition) is 2. The van der Waals surface area contributed by atoms with Crippen LogP contribution >= 0.6 is 23.7 Å². The Morgan fingerprint density at radius 2 is 1.82 bits per heavy atom. The maximum Gasteiger partial charge on any atom is 0.220 e. The number of halogens is 1. The molecule has 0 bridgehead atoms. The molecule has 1 aromatic heterocycles. The smallest absolute Gasteiger partial charge is 0.220 e. The minimum absolute atomic E-state index is 0. The topological polar surface area (TPSA) is 68.0 Å². The summed E-state index contributed by atoms with van der Waals surface area (Å²) in [6, 6.07) is 16.0. The normalized spacial score (nSPS) is 11.5. The van der Waals surface area contributed by atoms with Crippen LogP contribution in [0.3, 0.4) is 0 Å². The van der Waals surface area contributed by atoms with Crippen molar-refractivity contribution in [2.45, 2.75) is 39.7 Å². The van der Waals surface area contributed by atoms with Gasteiger partial charge in [-0.25, -0.2) is 4.98 Å². The second kappa shape index (κ2) is 9.71. The molecule has 3 aromatic rings. The van der Waals surface area contributed by atoms with E-state index in [1.807, 2.05) is 38.1 Å². The van der Waals surface area contributed by atoms with E-state index >= 15 is 0 Å². The molecule has 0 aliphatic rings. The van der Waals surface area contributed by atoms with E-state index in [9.17, 15) is 4.79 Å². The summed E-state index contributed by atoms with van der Waals surface area (Å²) in [6.07, 6.45) is 1.06. The lowest BCUT2D eigenvalue weighted by Crippen LogP contribution is -2.26. The standard InChI is InChI=1S/C22H25N3OS.ClH/c1-14-8-10-18(11-9-14)22-25-16(3)21(27-22)15(2)24-20(26)13-12-17-6-4-5-7-19(17)23;/h4-11,15H,12-13,23H2,1-3H3,(H,24,26);1H. The SMILES string of the molecule is Cc1ccc(-c2nc(C)c(C(C)NC(=O)CCc3ccccc3N)s2)cc1.Cl. The maximum atomic E-state index is 12.4. The summed E-state index contributed by atoms with van der Waals surface area (Å²) >= 11 is 1.64. The van der Waals surface area contributed by atoms with Gasteiger partial charge >= 0.3 is 0 Å². The summed E-state index contributed by atoms with van der Waals surface area (Å²) in [7, 11) is 0. The number of rotatable bonds is 6. The first-order valence-electron chi connectivity index (χ1n) is 9.11. The summed E-state index contributed by atoms with van der Waals surface area (Å²) < 4.78 is 0. The highest BCUT2D eigenvalue weighted by Gasteiger charge is 2.17. The molecule has 1 unspecified atom stereocenters. The number of para-hydroxylation sites is 1. The first kappa shape index (κ1) is 21.9. The highest BCUT2D eigenvalue weighted by atomic mass is 35.5. The Kier molecular flexibility index (Phi) is 7.61. The van der Waals surface area contributed by atoms with Crippen LogP contribution in [-0.2, 0) is 11.2 Å². The van der Waals surface area contributed by atoms with Crippen molar-refractivity contribution in [2.75, 3.05) is 5.73 Å². The Balaban J connectivity index is 0.00000280. The number of nitrogens with zero attached hydrogens (tertiary/aromatic N) is 1. The second-order valence-corrected chi connectivity index (χ2v) is 7.85. The van der Waals surface area contributed by atoms with Gasteiger partial charge in [-0.05, 0) is 38.8 Å². The van der Waals surface area contributed by atoms with Crippen LogP contribution < -0.4 is 11.1 Å². The third kappa shape index (κ3) is 5.33. The fourth-order valence-corrected chi connectivity index (χ4v) is 4.09. The molecule has 0 radical (unpaired) electrons. The molecule has 6 heteroatoms. The molecule has 148 valence electrons. The van der Waals surface area contributed by atoms with E-state index in [1.54, 1.807) is 11.3 Å². The quantitative estimate of drug-likeness (QED) is 0.541. The molecule has 0 saturated carbocycles. The van der Waals surface area contributed by atoms with Crippen LogP contribution in [0.5, 0.6) is 0 Å². The Bertz CT molecular complexity index is 937. The first-order valence-corrected chi connectivity index (χ1v) is 9.93. The number of nitrogen functional groups attached to an aromatic ring is 1. The summed E-state index contributed by atoms with van der Waals surface area (Å²) in [5.74, 6) is 0.0236. The number of benzene rings is 2. The molecule has 2 aromatic carbocycles. The molecule has 0 spiro atoms. The van der Waals surface area contributed by atoms with Gasteiger partial charge in [0.1, 0.15) is 5.01 Å². The fourth-order valence-electron chi connectivity index (χ4n) is 3.02. The van der Waals surface area contributed by atoms with E-state index in [-0.39, 0.29) is 24.4 Å². The predicted octanol–water partition coefficient (Wildman–Crippen LogP) is 5.24. The van der Waals surface area contributed by atoms with Crippen LogP contribution in [-0.4, -0.2) is 10.9 Å². The van der Waals surface area contributed by atoms with Crippen LogP contribution in [0.4, 0.5) is 5.69 Å². The zero-order valence-electron chi connectivity index (χ0n) is 16.4. The van der Waals surface area contributed by atoms with E-state index in [0.29, 0.717) is 12.8 Å². The van der Waals surface area contributed by atoms with Gasteiger partial charge in [-0.15, -0.1) is 23.7 Å². The summed E-state index contributed by atoms with van der Waals surface area (Å²) in [6.45, 7) is 6.08. The summed E-state index contributed by atoms with van der Waals surface area (Å²) in [5.41, 5.74) is 11.0. The molecule has 0 saturated heterocycles. The Hall–Kier alpha value is -2.37. The van der Waals surface area contributed by atoms with Gasteiger partial charge in [-0.1, -0.05) is 48.0 Å². The molecule has 0 fully saturated rings. The van der Waals surface area contributed by atoms with E-state index in [0.717, 1.165) is 32.4 Å². The second-order valence-electron chi connectivity index (χ2n) is 6.82. The number of carbonyl (C=O) groups excluding carboxylic acids is 1. The van der Waals surface area contributed by atoms with E-state index < -0.39 is 0 Å². The van der Waals surface area contributed by atoms with Crippen molar-refractivity contribution in [1.82, 2.24) is 10.3 Å². The molecule has 1 amide bonds. The van der Waals surface area contributed by atoms with Crippen LogP contribution in [0.25, 0.3) is 10.6 Å². The Morgan fingerprint density at radius 1 is 1.14 bits per heavy atom. The van der Waals surface area contributed by atoms with Crippen molar-refractivity contribution < 1.29 is 4.79 Å². The van der Waals surface area contributed by atoms with E-state index in [4.69, 9.17) is 10.7 Å². The average molecular weight is 416 g/mol. The van der Waals surface area contributed by atoms with Gasteiger partial charge in [-0.2, -0.15) is 0 Å². The third-order valence-electron chi connectivity index (χ3n) is 4.58. The number of carbonyl (C=O) groups is 1. The molecule has 3 rings (SSSR count). The van der Waals surface area contributed by atoms with Gasteiger partial charge in [0.25, 0.3) is 0 Å². The van der Waals surface area contributed by atoms with Crippen molar-refractivity contribution >= 4 is 35.3 Å². The lowest BCUT2D eigenvalue weighted by molar-refractivity contribution is -0.121. The lowest BCUT2D eigenvalue weighted by atomic mass is 10.1. The van der Waals surface area contributed by atoms with Gasteiger partial charge in [0.2, 0.25) is 5.91 Å². The number of aromatic nitrogens is 1. The van der Waals surface area contributed by atoms with Gasteiger partial charge in [0, 0.05) is 17.7 Å². The van der Waals surface area contributed by atoms with Crippen LogP contribution in [0, 0.1) is 13.8 Å². The van der Waals surface area contributed by atoms with E-state index in [1.165, 1.54) is 5.56 Å². The highest BCUT2D eigenvalue weighted by Crippen LogP contribution is 2.32. The van der Waals surface area contributed by atoms with E-state index in [2.05, 4.69) is 36.5 Å².